The molecule has 0 atom stereocenters. The Labute approximate surface area is 183 Å². The molecule has 0 saturated heterocycles. The van der Waals surface area contributed by atoms with Crippen molar-refractivity contribution >= 4 is 27.7 Å². The molecule has 0 spiro atoms. The Morgan fingerprint density at radius 1 is 1.10 bits per heavy atom. The van der Waals surface area contributed by atoms with Gasteiger partial charge in [0, 0.05) is 42.6 Å². The second-order valence-corrected chi connectivity index (χ2v) is 6.79. The minimum absolute atomic E-state index is 0. The third-order valence-electron chi connectivity index (χ3n) is 4.12. The maximum atomic E-state index is 10.0. The zero-order valence-electron chi connectivity index (χ0n) is 16.7. The number of rotatable bonds is 2. The summed E-state index contributed by atoms with van der Waals surface area (Å²) in [6.07, 6.45) is 2.89. The molecule has 151 valence electrons. The van der Waals surface area contributed by atoms with E-state index in [1.54, 1.807) is 6.26 Å². The average Bonchev–Trinajstić information content (AvgIpc) is 3.09. The van der Waals surface area contributed by atoms with Crippen LogP contribution in [0.2, 0.25) is 0 Å². The quantitative estimate of drug-likeness (QED) is 0.182. The second kappa shape index (κ2) is 9.64. The second-order valence-electron chi connectivity index (χ2n) is 6.79. The fourth-order valence-corrected chi connectivity index (χ4v) is 3.17. The number of hydrogen-bond donors (Lipinski definition) is 1. The number of pyridine rings is 1. The van der Waals surface area contributed by atoms with Gasteiger partial charge in [-0.3, -0.25) is 9.78 Å². The Kier molecular flexibility index (Phi) is 7.49. The van der Waals surface area contributed by atoms with Gasteiger partial charge in [0.2, 0.25) is 0 Å². The van der Waals surface area contributed by atoms with Crippen LogP contribution in [0, 0.1) is 19.9 Å². The number of hydrogen-bond acceptors (Lipinski definition) is 4. The molecule has 0 aliphatic carbocycles. The van der Waals surface area contributed by atoms with Crippen LogP contribution >= 0.6 is 0 Å². The van der Waals surface area contributed by atoms with Gasteiger partial charge in [0.1, 0.15) is 5.58 Å². The van der Waals surface area contributed by atoms with E-state index >= 15 is 0 Å². The first-order chi connectivity index (χ1) is 13.3. The molecule has 0 unspecified atom stereocenters. The Bertz CT molecular complexity index is 1170. The molecular formula is C24H22IrNO3-. The molecule has 1 N–H and O–H groups in total. The standard InChI is InChI=1S/C19H14NO.C5H8O2.Ir/c1-12-9-13(2)11-14(10-12)18-19-16(7-8-21-19)15-5-3-4-6-17(15)20-18;1-4(6)3-5(2)7;/h3-10H,1-2H3;3,6H,1-2H3;/q-1;;/b;4-3-;. The average molecular weight is 565 g/mol. The molecule has 4 nitrogen and oxygen atoms in total. The van der Waals surface area contributed by atoms with Crippen LogP contribution in [0.4, 0.5) is 0 Å². The number of aliphatic hydroxyl groups excluding tert-OH is 1. The van der Waals surface area contributed by atoms with Crippen LogP contribution in [0.5, 0.6) is 0 Å². The Balaban J connectivity index is 0.000000327. The number of para-hydroxylation sites is 1. The van der Waals surface area contributed by atoms with E-state index < -0.39 is 0 Å². The molecule has 0 aliphatic heterocycles. The molecule has 4 rings (SSSR count). The molecule has 5 heteroatoms. The number of allylic oxidation sites excluding steroid dienone is 2. The molecule has 0 bridgehead atoms. The van der Waals surface area contributed by atoms with Crippen LogP contribution in [0.3, 0.4) is 0 Å². The van der Waals surface area contributed by atoms with Gasteiger partial charge in [-0.05, 0) is 26.0 Å². The van der Waals surface area contributed by atoms with Crippen LogP contribution < -0.4 is 0 Å². The summed E-state index contributed by atoms with van der Waals surface area (Å²) in [5, 5.41) is 10.6. The van der Waals surface area contributed by atoms with Gasteiger partial charge in [0.15, 0.2) is 5.78 Å². The number of nitrogens with zero attached hydrogens (tertiary/aromatic N) is 1. The van der Waals surface area contributed by atoms with E-state index in [-0.39, 0.29) is 31.6 Å². The predicted octanol–water partition coefficient (Wildman–Crippen LogP) is 6.10. The summed E-state index contributed by atoms with van der Waals surface area (Å²) in [5.74, 6) is -0.0625. The number of carbonyl (C=O) groups excluding carboxylic acids is 1. The fraction of sp³-hybridized carbons (Fsp3) is 0.167. The zero-order valence-corrected chi connectivity index (χ0v) is 19.1. The molecule has 4 aromatic rings. The number of ketones is 1. The van der Waals surface area contributed by atoms with Gasteiger partial charge in [0.05, 0.1) is 17.5 Å². The van der Waals surface area contributed by atoms with Crippen molar-refractivity contribution in [1.82, 2.24) is 4.98 Å². The SMILES string of the molecule is CC(=O)/C=C(/C)O.Cc1[c-]c(-c2nc3ccccc3c3ccoc23)cc(C)c1.[Ir]. The summed E-state index contributed by atoms with van der Waals surface area (Å²) >= 11 is 0. The first-order valence-electron chi connectivity index (χ1n) is 9.00. The maximum absolute atomic E-state index is 10.0. The molecular weight excluding hydrogens is 542 g/mol. The van der Waals surface area contributed by atoms with Gasteiger partial charge in [-0.1, -0.05) is 32.0 Å². The summed E-state index contributed by atoms with van der Waals surface area (Å²) in [5.41, 5.74) is 5.97. The minimum Gasteiger partial charge on any atom is -0.512 e. The van der Waals surface area contributed by atoms with Gasteiger partial charge >= 0.3 is 0 Å². The number of benzene rings is 2. The van der Waals surface area contributed by atoms with E-state index in [1.807, 2.05) is 24.3 Å². The molecule has 0 amide bonds. The molecule has 1 radical (unpaired) electrons. The Hall–Kier alpha value is -2.75. The number of fused-ring (bicyclic) bond motifs is 3. The van der Waals surface area contributed by atoms with Crippen LogP contribution in [0.1, 0.15) is 25.0 Å². The topological polar surface area (TPSA) is 63.3 Å². The third kappa shape index (κ3) is 5.41. The first kappa shape index (κ1) is 22.5. The van der Waals surface area contributed by atoms with Gasteiger partial charge < -0.3 is 9.52 Å². The van der Waals surface area contributed by atoms with Crippen molar-refractivity contribution < 1.29 is 34.4 Å². The molecule has 0 saturated carbocycles. The van der Waals surface area contributed by atoms with Crippen LogP contribution in [-0.4, -0.2) is 15.9 Å². The van der Waals surface area contributed by atoms with Crippen molar-refractivity contribution in [3.05, 3.63) is 77.8 Å². The van der Waals surface area contributed by atoms with E-state index in [2.05, 4.69) is 38.1 Å². The fourth-order valence-electron chi connectivity index (χ4n) is 3.17. The summed E-state index contributed by atoms with van der Waals surface area (Å²) in [4.78, 5) is 14.8. The summed E-state index contributed by atoms with van der Waals surface area (Å²) in [7, 11) is 0. The number of carbonyl (C=O) groups is 1. The molecule has 2 aromatic heterocycles. The molecule has 0 aliphatic rings. The van der Waals surface area contributed by atoms with Gasteiger partial charge in [0.25, 0.3) is 0 Å². The van der Waals surface area contributed by atoms with Gasteiger partial charge in [-0.15, -0.1) is 34.9 Å². The smallest absolute Gasteiger partial charge is 0.155 e. The van der Waals surface area contributed by atoms with Gasteiger partial charge in [-0.25, -0.2) is 0 Å². The third-order valence-corrected chi connectivity index (χ3v) is 4.12. The Morgan fingerprint density at radius 3 is 2.45 bits per heavy atom. The maximum Gasteiger partial charge on any atom is 0.155 e. The summed E-state index contributed by atoms with van der Waals surface area (Å²) in [6, 6.07) is 17.8. The van der Waals surface area contributed by atoms with Crippen molar-refractivity contribution in [2.75, 3.05) is 0 Å². The molecule has 2 heterocycles. The van der Waals surface area contributed by atoms with E-state index in [0.717, 1.165) is 38.7 Å². The molecule has 2 aromatic carbocycles. The van der Waals surface area contributed by atoms with E-state index in [1.165, 1.54) is 25.5 Å². The van der Waals surface area contributed by atoms with Gasteiger partial charge in [-0.2, -0.15) is 0 Å². The summed E-state index contributed by atoms with van der Waals surface area (Å²) < 4.78 is 5.71. The zero-order chi connectivity index (χ0) is 20.3. The number of aromatic nitrogens is 1. The minimum atomic E-state index is -0.125. The van der Waals surface area contributed by atoms with E-state index in [0.29, 0.717) is 0 Å². The monoisotopic (exact) mass is 565 g/mol. The summed E-state index contributed by atoms with van der Waals surface area (Å²) in [6.45, 7) is 6.99. The predicted molar refractivity (Wildman–Crippen MR) is 112 cm³/mol. The van der Waals surface area contributed by atoms with E-state index in [9.17, 15) is 4.79 Å². The number of aliphatic hydroxyl groups is 1. The van der Waals surface area contributed by atoms with Crippen LogP contribution in [0.25, 0.3) is 33.1 Å². The number of aryl methyl sites for hydroxylation is 2. The molecule has 29 heavy (non-hydrogen) atoms. The van der Waals surface area contributed by atoms with Crippen LogP contribution in [0.15, 0.2) is 65.0 Å². The normalized spacial score (nSPS) is 11.0. The van der Waals surface area contributed by atoms with Crippen molar-refractivity contribution in [2.45, 2.75) is 27.7 Å². The Morgan fingerprint density at radius 2 is 1.83 bits per heavy atom. The van der Waals surface area contributed by atoms with Crippen molar-refractivity contribution in [3.8, 4) is 11.3 Å². The van der Waals surface area contributed by atoms with E-state index in [4.69, 9.17) is 14.5 Å². The number of furan rings is 1. The van der Waals surface area contributed by atoms with Crippen molar-refractivity contribution in [3.63, 3.8) is 0 Å². The largest absolute Gasteiger partial charge is 0.512 e. The van der Waals surface area contributed by atoms with Crippen LogP contribution in [-0.2, 0) is 24.9 Å². The molecule has 0 fully saturated rings. The van der Waals surface area contributed by atoms with Crippen molar-refractivity contribution in [1.29, 1.82) is 0 Å². The first-order valence-corrected chi connectivity index (χ1v) is 9.00. The van der Waals surface area contributed by atoms with Crippen molar-refractivity contribution in [2.24, 2.45) is 0 Å².